The molecule has 1 aromatic heterocycles. The lowest BCUT2D eigenvalue weighted by Crippen LogP contribution is -2.28. The molecule has 0 radical (unpaired) electrons. The molecule has 1 heterocycles. The van der Waals surface area contributed by atoms with Gasteiger partial charge >= 0.3 is 15.6 Å². The van der Waals surface area contributed by atoms with Crippen LogP contribution in [0.3, 0.4) is 0 Å². The zero-order valence-electron chi connectivity index (χ0n) is 19.0. The quantitative estimate of drug-likeness (QED) is 0.143. The van der Waals surface area contributed by atoms with E-state index in [0.29, 0.717) is 5.56 Å². The minimum Gasteiger partial charge on any atom is -0.473 e. The minimum absolute atomic E-state index is 0.0744. The van der Waals surface area contributed by atoms with Crippen molar-refractivity contribution in [3.05, 3.63) is 108 Å². The van der Waals surface area contributed by atoms with Gasteiger partial charge in [-0.25, -0.2) is 4.39 Å². The Morgan fingerprint density at radius 3 is 1.92 bits per heavy atom. The fourth-order valence-corrected chi connectivity index (χ4v) is 3.66. The van der Waals surface area contributed by atoms with Crippen LogP contribution in [0.25, 0.3) is 11.1 Å². The molecule has 0 fully saturated rings. The molecule has 0 spiro atoms. The number of ether oxygens (including phenoxy) is 2. The van der Waals surface area contributed by atoms with Gasteiger partial charge in [0, 0.05) is 11.6 Å². The van der Waals surface area contributed by atoms with Crippen molar-refractivity contribution in [2.45, 2.75) is 18.7 Å². The molecule has 0 amide bonds. The van der Waals surface area contributed by atoms with Gasteiger partial charge in [0.1, 0.15) is 13.2 Å². The number of hydrogen-bond donors (Lipinski definition) is 0. The first kappa shape index (κ1) is 26.0. The number of halogens is 4. The molecule has 3 aromatic carbocycles. The summed E-state index contributed by atoms with van der Waals surface area (Å²) in [5.41, 5.74) is -3.49. The van der Waals surface area contributed by atoms with Crippen molar-refractivity contribution in [1.29, 1.82) is 0 Å². The van der Waals surface area contributed by atoms with Gasteiger partial charge in [0.2, 0.25) is 11.8 Å². The summed E-state index contributed by atoms with van der Waals surface area (Å²) in [5.74, 6) is -2.11. The van der Waals surface area contributed by atoms with Gasteiger partial charge in [-0.15, -0.1) is 0 Å². The van der Waals surface area contributed by atoms with Crippen LogP contribution < -0.4 is 13.7 Å². The standard InChI is InChI=1S/C26H19F4NO5S/c27-22-15-20(11-13-23(22)36-37(32,33)26(28,29)30)21-12-14-24(34-16-18-7-3-1-4-8-18)31-25(21)35-17-19-9-5-2-6-10-19/h1-15H,16-17H2. The molecule has 192 valence electrons. The maximum atomic E-state index is 14.6. The fraction of sp³-hybridized carbons (Fsp3) is 0.115. The van der Waals surface area contributed by atoms with Crippen molar-refractivity contribution in [3.8, 4) is 28.6 Å². The lowest BCUT2D eigenvalue weighted by Gasteiger charge is -2.14. The molecular formula is C26H19F4NO5S. The molecule has 4 rings (SSSR count). The van der Waals surface area contributed by atoms with E-state index in [9.17, 15) is 26.0 Å². The number of pyridine rings is 1. The van der Waals surface area contributed by atoms with Gasteiger partial charge in [-0.05, 0) is 34.9 Å². The number of alkyl halides is 3. The van der Waals surface area contributed by atoms with Gasteiger partial charge in [0.25, 0.3) is 0 Å². The van der Waals surface area contributed by atoms with Crippen LogP contribution in [-0.2, 0) is 23.3 Å². The number of benzene rings is 3. The monoisotopic (exact) mass is 533 g/mol. The average Bonchev–Trinajstić information content (AvgIpc) is 2.88. The molecule has 0 atom stereocenters. The molecule has 11 heteroatoms. The molecule has 0 unspecified atom stereocenters. The molecule has 6 nitrogen and oxygen atoms in total. The topological polar surface area (TPSA) is 74.7 Å². The van der Waals surface area contributed by atoms with Crippen LogP contribution in [-0.4, -0.2) is 18.9 Å². The van der Waals surface area contributed by atoms with Gasteiger partial charge < -0.3 is 13.7 Å². The van der Waals surface area contributed by atoms with Crippen LogP contribution >= 0.6 is 0 Å². The Morgan fingerprint density at radius 2 is 1.35 bits per heavy atom. The molecule has 0 aliphatic heterocycles. The predicted molar refractivity (Wildman–Crippen MR) is 127 cm³/mol. The summed E-state index contributed by atoms with van der Waals surface area (Å²) in [6.45, 7) is 0.357. The van der Waals surface area contributed by atoms with Crippen LogP contribution in [0.1, 0.15) is 11.1 Å². The molecular weight excluding hydrogens is 514 g/mol. The molecule has 0 N–H and O–H groups in total. The van der Waals surface area contributed by atoms with Gasteiger partial charge in [0.15, 0.2) is 11.6 Å². The van der Waals surface area contributed by atoms with Crippen molar-refractivity contribution in [2.24, 2.45) is 0 Å². The summed E-state index contributed by atoms with van der Waals surface area (Å²) in [6.07, 6.45) is 0. The first-order valence-electron chi connectivity index (χ1n) is 10.8. The predicted octanol–water partition coefficient (Wildman–Crippen LogP) is 6.27. The van der Waals surface area contributed by atoms with Crippen LogP contribution in [0.2, 0.25) is 0 Å². The maximum Gasteiger partial charge on any atom is 0.534 e. The Balaban J connectivity index is 1.62. The van der Waals surface area contributed by atoms with Gasteiger partial charge in [-0.2, -0.15) is 26.6 Å². The summed E-state index contributed by atoms with van der Waals surface area (Å²) >= 11 is 0. The number of hydrogen-bond acceptors (Lipinski definition) is 6. The van der Waals surface area contributed by atoms with E-state index in [1.54, 1.807) is 6.07 Å². The van der Waals surface area contributed by atoms with E-state index in [1.807, 2.05) is 60.7 Å². The smallest absolute Gasteiger partial charge is 0.473 e. The van der Waals surface area contributed by atoms with E-state index in [-0.39, 0.29) is 30.5 Å². The van der Waals surface area contributed by atoms with Gasteiger partial charge in [-0.3, -0.25) is 0 Å². The Labute approximate surface area is 210 Å². The Hall–Kier alpha value is -4.12. The first-order chi connectivity index (χ1) is 17.6. The fourth-order valence-electron chi connectivity index (χ4n) is 3.19. The molecule has 0 aliphatic carbocycles. The number of rotatable bonds is 9. The summed E-state index contributed by atoms with van der Waals surface area (Å²) in [6, 6.07) is 24.4. The Bertz CT molecular complexity index is 1460. The molecule has 37 heavy (non-hydrogen) atoms. The first-order valence-corrected chi connectivity index (χ1v) is 12.2. The summed E-state index contributed by atoms with van der Waals surface area (Å²) in [7, 11) is -6.03. The highest BCUT2D eigenvalue weighted by Crippen LogP contribution is 2.35. The lowest BCUT2D eigenvalue weighted by molar-refractivity contribution is -0.0500. The molecule has 0 aliphatic rings. The van der Waals surface area contributed by atoms with Crippen molar-refractivity contribution < 1.29 is 39.6 Å². The van der Waals surface area contributed by atoms with Crippen LogP contribution in [0.5, 0.6) is 17.5 Å². The second kappa shape index (κ2) is 10.9. The van der Waals surface area contributed by atoms with Crippen LogP contribution in [0.4, 0.5) is 17.6 Å². The lowest BCUT2D eigenvalue weighted by atomic mass is 10.1. The molecule has 0 saturated heterocycles. The molecule has 4 aromatic rings. The highest BCUT2D eigenvalue weighted by atomic mass is 32.2. The van der Waals surface area contributed by atoms with Crippen LogP contribution in [0, 0.1) is 5.82 Å². The largest absolute Gasteiger partial charge is 0.534 e. The van der Waals surface area contributed by atoms with Crippen molar-refractivity contribution in [1.82, 2.24) is 4.98 Å². The average molecular weight is 533 g/mol. The van der Waals surface area contributed by atoms with Crippen molar-refractivity contribution in [3.63, 3.8) is 0 Å². The highest BCUT2D eigenvalue weighted by molar-refractivity contribution is 7.88. The molecule has 0 saturated carbocycles. The summed E-state index contributed by atoms with van der Waals surface area (Å²) < 4.78 is 90.4. The third-order valence-electron chi connectivity index (χ3n) is 5.01. The van der Waals surface area contributed by atoms with Crippen LogP contribution in [0.15, 0.2) is 91.0 Å². The number of aromatic nitrogens is 1. The van der Waals surface area contributed by atoms with Gasteiger partial charge in [0.05, 0.1) is 0 Å². The number of nitrogens with zero attached hydrogens (tertiary/aromatic N) is 1. The SMILES string of the molecule is O=S(=O)(Oc1ccc(-c2ccc(OCc3ccccc3)nc2OCc2ccccc2)cc1F)C(F)(F)F. The Kier molecular flexibility index (Phi) is 7.63. The summed E-state index contributed by atoms with van der Waals surface area (Å²) in [4.78, 5) is 4.38. The normalized spacial score (nSPS) is 11.7. The van der Waals surface area contributed by atoms with E-state index >= 15 is 0 Å². The van der Waals surface area contributed by atoms with E-state index in [1.165, 1.54) is 12.1 Å². The minimum atomic E-state index is -6.03. The van der Waals surface area contributed by atoms with E-state index in [4.69, 9.17) is 9.47 Å². The van der Waals surface area contributed by atoms with E-state index < -0.39 is 27.2 Å². The second-order valence-electron chi connectivity index (χ2n) is 7.68. The third-order valence-corrected chi connectivity index (χ3v) is 5.97. The highest BCUT2D eigenvalue weighted by Gasteiger charge is 2.48. The van der Waals surface area contributed by atoms with E-state index in [0.717, 1.165) is 23.3 Å². The van der Waals surface area contributed by atoms with Crippen molar-refractivity contribution in [2.75, 3.05) is 0 Å². The third kappa shape index (κ3) is 6.56. The van der Waals surface area contributed by atoms with Gasteiger partial charge in [-0.1, -0.05) is 66.7 Å². The molecule has 0 bridgehead atoms. The summed E-state index contributed by atoms with van der Waals surface area (Å²) in [5, 5.41) is 0. The van der Waals surface area contributed by atoms with E-state index in [2.05, 4.69) is 9.17 Å². The van der Waals surface area contributed by atoms with Crippen molar-refractivity contribution >= 4 is 10.1 Å². The second-order valence-corrected chi connectivity index (χ2v) is 9.22. The maximum absolute atomic E-state index is 14.6. The zero-order valence-corrected chi connectivity index (χ0v) is 19.8. The zero-order chi connectivity index (χ0) is 26.5. The Morgan fingerprint density at radius 1 is 0.757 bits per heavy atom.